The van der Waals surface area contributed by atoms with Crippen LogP contribution in [0.2, 0.25) is 0 Å². The van der Waals surface area contributed by atoms with Crippen LogP contribution in [0.5, 0.6) is 11.5 Å². The third kappa shape index (κ3) is 6.18. The number of methoxy groups -OCH3 is 1. The van der Waals surface area contributed by atoms with Crippen molar-refractivity contribution in [3.8, 4) is 11.5 Å². The average Bonchev–Trinajstić information content (AvgIpc) is 3.61. The van der Waals surface area contributed by atoms with Crippen LogP contribution in [0.25, 0.3) is 0 Å². The molecule has 2 heterocycles. The number of carbonyl (C=O) groups is 3. The minimum atomic E-state index is -1.17. The largest absolute Gasteiger partial charge is 0.493 e. The minimum Gasteiger partial charge on any atom is -0.493 e. The van der Waals surface area contributed by atoms with Crippen LogP contribution in [0.4, 0.5) is 0 Å². The molecular weight excluding hydrogens is 504 g/mol. The minimum absolute atomic E-state index is 0.0358. The molecule has 5 unspecified atom stereocenters. The summed E-state index contributed by atoms with van der Waals surface area (Å²) in [6.45, 7) is 4.42. The second-order valence-electron chi connectivity index (χ2n) is 10.1. The van der Waals surface area contributed by atoms with E-state index in [0.717, 1.165) is 25.7 Å². The summed E-state index contributed by atoms with van der Waals surface area (Å²) < 4.78 is 17.5. The van der Waals surface area contributed by atoms with Gasteiger partial charge in [-0.25, -0.2) is 0 Å². The number of amides is 2. The Bertz CT molecular complexity index is 1100. The first-order valence-corrected chi connectivity index (χ1v) is 13.6. The molecule has 0 spiro atoms. The maximum absolute atomic E-state index is 13.6. The van der Waals surface area contributed by atoms with E-state index in [2.05, 4.69) is 11.9 Å². The van der Waals surface area contributed by atoms with Gasteiger partial charge in [0.15, 0.2) is 11.5 Å². The van der Waals surface area contributed by atoms with Gasteiger partial charge in [0.1, 0.15) is 18.5 Å². The number of rotatable bonds is 13. The number of unbranched alkanes of at least 4 members (excludes halogenated alkanes) is 2. The van der Waals surface area contributed by atoms with E-state index in [1.54, 1.807) is 23.1 Å². The first-order chi connectivity index (χ1) is 18.9. The van der Waals surface area contributed by atoms with Crippen LogP contribution in [-0.4, -0.2) is 91.0 Å². The van der Waals surface area contributed by atoms with Gasteiger partial charge in [0.2, 0.25) is 11.8 Å². The van der Waals surface area contributed by atoms with Crippen molar-refractivity contribution in [2.24, 2.45) is 0 Å². The number of aliphatic hydroxyl groups is 2. The zero-order chi connectivity index (χ0) is 27.9. The Balaban J connectivity index is 1.73. The molecule has 1 aliphatic carbocycles. The summed E-state index contributed by atoms with van der Waals surface area (Å²) in [5, 5.41) is 23.7. The van der Waals surface area contributed by atoms with Gasteiger partial charge in [0.05, 0.1) is 31.8 Å². The molecule has 10 heteroatoms. The van der Waals surface area contributed by atoms with Crippen LogP contribution >= 0.6 is 0 Å². The lowest BCUT2D eigenvalue weighted by Gasteiger charge is -2.41. The van der Waals surface area contributed by atoms with Crippen molar-refractivity contribution in [1.29, 1.82) is 0 Å². The highest BCUT2D eigenvalue weighted by Crippen LogP contribution is 2.51. The summed E-state index contributed by atoms with van der Waals surface area (Å²) in [6.07, 6.45) is 6.18. The molecule has 3 aliphatic rings. The smallest absolute Gasteiger partial charge is 0.247 e. The Morgan fingerprint density at radius 3 is 2.79 bits per heavy atom. The standard InChI is InChI=1S/C29H38N2O8/c1-3-4-5-6-9-24(34)31(16-19-8-7-12-38-19)22-15-21(29(36)30-10-11-32)25-20-13-18(17-33)14-23(37-2)27(20)39-28(25)26(22)35/h3,13-15,17,19,22,25-26,28,32,35H,1,4-12,16H2,2H3,(H,30,36). The normalized spacial score (nSPS) is 25.1. The van der Waals surface area contributed by atoms with Crippen molar-refractivity contribution in [1.82, 2.24) is 10.2 Å². The van der Waals surface area contributed by atoms with Crippen LogP contribution in [0.1, 0.15) is 60.4 Å². The predicted molar refractivity (Wildman–Crippen MR) is 143 cm³/mol. The van der Waals surface area contributed by atoms with Gasteiger partial charge in [-0.3, -0.25) is 14.4 Å². The molecule has 0 bridgehead atoms. The Labute approximate surface area is 228 Å². The van der Waals surface area contributed by atoms with Crippen LogP contribution in [0.3, 0.4) is 0 Å². The highest BCUT2D eigenvalue weighted by molar-refractivity contribution is 5.96. The molecule has 0 radical (unpaired) electrons. The highest BCUT2D eigenvalue weighted by Gasteiger charge is 2.51. The molecule has 5 atom stereocenters. The summed E-state index contributed by atoms with van der Waals surface area (Å²) in [5.74, 6) is -0.624. The summed E-state index contributed by atoms with van der Waals surface area (Å²) in [5.41, 5.74) is 1.19. The second-order valence-corrected chi connectivity index (χ2v) is 10.1. The molecule has 212 valence electrons. The maximum atomic E-state index is 13.6. The molecule has 3 N–H and O–H groups in total. The monoisotopic (exact) mass is 542 g/mol. The lowest BCUT2D eigenvalue weighted by molar-refractivity contribution is -0.139. The van der Waals surface area contributed by atoms with Crippen molar-refractivity contribution in [3.05, 3.63) is 47.6 Å². The number of nitrogens with one attached hydrogen (secondary N) is 1. The Hall–Kier alpha value is -3.21. The van der Waals surface area contributed by atoms with Crippen molar-refractivity contribution in [3.63, 3.8) is 0 Å². The van der Waals surface area contributed by atoms with Crippen molar-refractivity contribution in [2.75, 3.05) is 33.4 Å². The number of aliphatic hydroxyl groups excluding tert-OH is 2. The third-order valence-electron chi connectivity index (χ3n) is 7.56. The van der Waals surface area contributed by atoms with Gasteiger partial charge < -0.3 is 34.6 Å². The Morgan fingerprint density at radius 2 is 2.13 bits per heavy atom. The molecule has 39 heavy (non-hydrogen) atoms. The number of allylic oxidation sites excluding steroid dienone is 1. The molecule has 0 saturated carbocycles. The molecule has 4 rings (SSSR count). The number of aldehydes is 1. The van der Waals surface area contributed by atoms with Gasteiger partial charge in [-0.1, -0.05) is 6.08 Å². The lowest BCUT2D eigenvalue weighted by atomic mass is 9.77. The fourth-order valence-corrected chi connectivity index (χ4v) is 5.66. The summed E-state index contributed by atoms with van der Waals surface area (Å²) in [6, 6.07) is 2.33. The number of fused-ring (bicyclic) bond motifs is 3. The third-order valence-corrected chi connectivity index (χ3v) is 7.56. The quantitative estimate of drug-likeness (QED) is 0.195. The van der Waals surface area contributed by atoms with E-state index in [-0.39, 0.29) is 38.1 Å². The summed E-state index contributed by atoms with van der Waals surface area (Å²) >= 11 is 0. The van der Waals surface area contributed by atoms with Crippen LogP contribution in [0, 0.1) is 0 Å². The number of nitrogens with zero attached hydrogens (tertiary/aromatic N) is 1. The van der Waals surface area contributed by atoms with Gasteiger partial charge in [-0.2, -0.15) is 0 Å². The van der Waals surface area contributed by atoms with Crippen molar-refractivity contribution >= 4 is 18.1 Å². The van der Waals surface area contributed by atoms with Crippen LogP contribution in [0.15, 0.2) is 36.4 Å². The number of benzene rings is 1. The maximum Gasteiger partial charge on any atom is 0.247 e. The topological polar surface area (TPSA) is 135 Å². The van der Waals surface area contributed by atoms with E-state index < -0.39 is 30.1 Å². The number of hydrogen-bond acceptors (Lipinski definition) is 8. The van der Waals surface area contributed by atoms with E-state index in [4.69, 9.17) is 14.2 Å². The van der Waals surface area contributed by atoms with Crippen molar-refractivity contribution in [2.45, 2.75) is 68.8 Å². The highest BCUT2D eigenvalue weighted by atomic mass is 16.5. The van der Waals surface area contributed by atoms with E-state index in [1.807, 2.05) is 6.08 Å². The van der Waals surface area contributed by atoms with E-state index in [0.29, 0.717) is 47.5 Å². The summed E-state index contributed by atoms with van der Waals surface area (Å²) in [7, 11) is 1.45. The van der Waals surface area contributed by atoms with Gasteiger partial charge in [0.25, 0.3) is 0 Å². The number of hydrogen-bond donors (Lipinski definition) is 3. The molecule has 2 amide bonds. The molecule has 2 aliphatic heterocycles. The SMILES string of the molecule is C=CCCCCC(=O)N(CC1CCCO1)C1C=C(C(=O)NCCO)C2c3cc(C=O)cc(OC)c3OC2C1O. The molecule has 1 saturated heterocycles. The molecule has 1 fully saturated rings. The Morgan fingerprint density at radius 1 is 1.31 bits per heavy atom. The van der Waals surface area contributed by atoms with E-state index >= 15 is 0 Å². The van der Waals surface area contributed by atoms with Crippen molar-refractivity contribution < 1.29 is 38.8 Å². The fraction of sp³-hybridized carbons (Fsp3) is 0.552. The van der Waals surface area contributed by atoms with Crippen LogP contribution in [-0.2, 0) is 14.3 Å². The van der Waals surface area contributed by atoms with Gasteiger partial charge in [-0.15, -0.1) is 6.58 Å². The second kappa shape index (κ2) is 13.2. The first kappa shape index (κ1) is 28.8. The predicted octanol–water partition coefficient (Wildman–Crippen LogP) is 1.88. The zero-order valence-corrected chi connectivity index (χ0v) is 22.3. The fourth-order valence-electron chi connectivity index (χ4n) is 5.66. The summed E-state index contributed by atoms with van der Waals surface area (Å²) in [4.78, 5) is 40.2. The molecular formula is C29H38N2O8. The number of ether oxygens (including phenoxy) is 3. The molecule has 1 aromatic rings. The first-order valence-electron chi connectivity index (χ1n) is 13.6. The van der Waals surface area contributed by atoms with E-state index in [1.165, 1.54) is 7.11 Å². The van der Waals surface area contributed by atoms with Gasteiger partial charge in [-0.05, 0) is 50.3 Å². The van der Waals surface area contributed by atoms with Crippen LogP contribution < -0.4 is 14.8 Å². The Kier molecular flexibility index (Phi) is 9.77. The molecule has 1 aromatic carbocycles. The average molecular weight is 543 g/mol. The number of carbonyl (C=O) groups excluding carboxylic acids is 3. The lowest BCUT2D eigenvalue weighted by Crippen LogP contribution is -2.57. The van der Waals surface area contributed by atoms with E-state index in [9.17, 15) is 24.6 Å². The molecule has 0 aromatic heterocycles. The zero-order valence-electron chi connectivity index (χ0n) is 22.3. The molecule has 10 nitrogen and oxygen atoms in total. The van der Waals surface area contributed by atoms with Gasteiger partial charge >= 0.3 is 0 Å². The van der Waals surface area contributed by atoms with Gasteiger partial charge in [0, 0.05) is 42.8 Å².